The highest BCUT2D eigenvalue weighted by atomic mass is 32.1. The lowest BCUT2D eigenvalue weighted by atomic mass is 9.97. The second kappa shape index (κ2) is 12.4. The highest BCUT2D eigenvalue weighted by Gasteiger charge is 2.20. The molecule has 0 fully saturated rings. The van der Waals surface area contributed by atoms with Crippen LogP contribution in [0.25, 0.3) is 109 Å². The number of hydrogen-bond donors (Lipinski definition) is 0. The van der Waals surface area contributed by atoms with Crippen LogP contribution in [0.15, 0.2) is 186 Å². The molecule has 3 nitrogen and oxygen atoms in total. The fraction of sp³-hybridized carbons (Fsp3) is 0. The summed E-state index contributed by atoms with van der Waals surface area (Å²) in [6.45, 7) is 0. The fourth-order valence-electron chi connectivity index (χ4n) is 7.81. The molecule has 54 heavy (non-hydrogen) atoms. The number of nitrogens with zero attached hydrogens (tertiary/aromatic N) is 2. The third kappa shape index (κ3) is 5.11. The van der Waals surface area contributed by atoms with Gasteiger partial charge in [0, 0.05) is 32.0 Å². The van der Waals surface area contributed by atoms with Gasteiger partial charge in [0.1, 0.15) is 11.2 Å². The highest BCUT2D eigenvalue weighted by Crippen LogP contribution is 2.43. The Morgan fingerprint density at radius 3 is 1.85 bits per heavy atom. The predicted octanol–water partition coefficient (Wildman–Crippen LogP) is 14.2. The third-order valence-electron chi connectivity index (χ3n) is 10.5. The molecule has 8 aromatic carbocycles. The molecular weight excluding hydrogens is 677 g/mol. The van der Waals surface area contributed by atoms with Crippen molar-refractivity contribution in [2.75, 3.05) is 0 Å². The molecule has 0 aliphatic carbocycles. The van der Waals surface area contributed by atoms with E-state index in [1.54, 1.807) is 11.3 Å². The number of rotatable bonds is 5. The average Bonchev–Trinajstić information content (AvgIpc) is 3.82. The maximum atomic E-state index is 6.50. The quantitative estimate of drug-likeness (QED) is 0.179. The van der Waals surface area contributed by atoms with E-state index in [0.29, 0.717) is 5.82 Å². The molecule has 0 aliphatic heterocycles. The summed E-state index contributed by atoms with van der Waals surface area (Å²) in [5, 5.41) is 5.57. The van der Waals surface area contributed by atoms with Crippen LogP contribution in [0.3, 0.4) is 0 Å². The number of benzene rings is 8. The van der Waals surface area contributed by atoms with E-state index in [-0.39, 0.29) is 0 Å². The molecule has 0 spiro atoms. The van der Waals surface area contributed by atoms with Crippen LogP contribution in [-0.2, 0) is 0 Å². The van der Waals surface area contributed by atoms with Crippen molar-refractivity contribution in [3.63, 3.8) is 0 Å². The standard InChI is InChI=1S/C50H30N2OS/c1-3-11-31(12-4-1)34-15-9-16-35(27-34)37-25-26-43-42(30-37)46-41(18-10-19-44(46)53-43)50-51-47(49-48(52-50)40-17-7-8-20-45(40)54-49)38-24-22-33-21-23-36(28-39(33)29-38)32-13-5-2-6-14-32/h1-30H. The first kappa shape index (κ1) is 30.7. The zero-order valence-corrected chi connectivity index (χ0v) is 29.8. The van der Waals surface area contributed by atoms with Gasteiger partial charge in [-0.15, -0.1) is 11.3 Å². The minimum atomic E-state index is 0.684. The Morgan fingerprint density at radius 1 is 0.407 bits per heavy atom. The lowest BCUT2D eigenvalue weighted by Crippen LogP contribution is -1.94. The van der Waals surface area contributed by atoms with Crippen LogP contribution in [0.5, 0.6) is 0 Å². The first-order valence-electron chi connectivity index (χ1n) is 18.1. The molecule has 3 heterocycles. The van der Waals surface area contributed by atoms with Crippen LogP contribution in [0.1, 0.15) is 0 Å². The predicted molar refractivity (Wildman–Crippen MR) is 227 cm³/mol. The van der Waals surface area contributed by atoms with E-state index in [9.17, 15) is 0 Å². The molecule has 0 amide bonds. The van der Waals surface area contributed by atoms with E-state index in [4.69, 9.17) is 14.4 Å². The van der Waals surface area contributed by atoms with Crippen molar-refractivity contribution in [2.45, 2.75) is 0 Å². The summed E-state index contributed by atoms with van der Waals surface area (Å²) >= 11 is 1.76. The molecule has 11 rings (SSSR count). The van der Waals surface area contributed by atoms with E-state index < -0.39 is 0 Å². The highest BCUT2D eigenvalue weighted by molar-refractivity contribution is 7.26. The zero-order valence-electron chi connectivity index (χ0n) is 29.0. The molecule has 0 N–H and O–H groups in total. The minimum absolute atomic E-state index is 0.684. The molecule has 0 unspecified atom stereocenters. The lowest BCUT2D eigenvalue weighted by molar-refractivity contribution is 0.669. The number of furan rings is 1. The van der Waals surface area contributed by atoms with Crippen molar-refractivity contribution >= 4 is 64.4 Å². The van der Waals surface area contributed by atoms with Gasteiger partial charge in [-0.05, 0) is 86.6 Å². The Kier molecular flexibility index (Phi) is 7.04. The smallest absolute Gasteiger partial charge is 0.161 e. The molecule has 0 saturated carbocycles. The van der Waals surface area contributed by atoms with E-state index >= 15 is 0 Å². The van der Waals surface area contributed by atoms with Gasteiger partial charge in [0.25, 0.3) is 0 Å². The normalized spacial score (nSPS) is 11.7. The van der Waals surface area contributed by atoms with Crippen molar-refractivity contribution in [1.29, 1.82) is 0 Å². The molecule has 0 atom stereocenters. The molecule has 0 aliphatic rings. The van der Waals surface area contributed by atoms with Crippen LogP contribution in [0.4, 0.5) is 0 Å². The van der Waals surface area contributed by atoms with Crippen LogP contribution in [0.2, 0.25) is 0 Å². The van der Waals surface area contributed by atoms with Crippen molar-refractivity contribution in [3.05, 3.63) is 182 Å². The SMILES string of the molecule is c1ccc(-c2cccc(-c3ccc4oc5cccc(-c6nc(-c7ccc8ccc(-c9ccccc9)cc8c7)c7sc8ccccc8c7n6)c5c4c3)c2)cc1. The third-order valence-corrected chi connectivity index (χ3v) is 11.6. The monoisotopic (exact) mass is 706 g/mol. The van der Waals surface area contributed by atoms with Crippen LogP contribution in [-0.4, -0.2) is 9.97 Å². The molecular formula is C50H30N2OS. The van der Waals surface area contributed by atoms with Gasteiger partial charge in [0.15, 0.2) is 5.82 Å². The Hall–Kier alpha value is -6.88. The van der Waals surface area contributed by atoms with Gasteiger partial charge >= 0.3 is 0 Å². The van der Waals surface area contributed by atoms with Gasteiger partial charge in [-0.3, -0.25) is 0 Å². The molecule has 0 bridgehead atoms. The van der Waals surface area contributed by atoms with Gasteiger partial charge in [-0.2, -0.15) is 0 Å². The molecule has 0 saturated heterocycles. The summed E-state index contributed by atoms with van der Waals surface area (Å²) in [6.07, 6.45) is 0. The first-order valence-corrected chi connectivity index (χ1v) is 19.0. The largest absolute Gasteiger partial charge is 0.456 e. The molecule has 0 radical (unpaired) electrons. The molecule has 3 aromatic heterocycles. The zero-order chi connectivity index (χ0) is 35.6. The van der Waals surface area contributed by atoms with Gasteiger partial charge in [-0.25, -0.2) is 9.97 Å². The van der Waals surface area contributed by atoms with Gasteiger partial charge in [-0.1, -0.05) is 140 Å². The van der Waals surface area contributed by atoms with Crippen molar-refractivity contribution < 1.29 is 4.42 Å². The number of hydrogen-bond acceptors (Lipinski definition) is 4. The summed E-state index contributed by atoms with van der Waals surface area (Å²) in [5.41, 5.74) is 12.6. The Morgan fingerprint density at radius 2 is 1.04 bits per heavy atom. The topological polar surface area (TPSA) is 38.9 Å². The maximum Gasteiger partial charge on any atom is 0.161 e. The Labute approximate surface area is 315 Å². The van der Waals surface area contributed by atoms with Gasteiger partial charge < -0.3 is 4.42 Å². The van der Waals surface area contributed by atoms with E-state index in [1.165, 1.54) is 37.7 Å². The minimum Gasteiger partial charge on any atom is -0.456 e. The van der Waals surface area contributed by atoms with Gasteiger partial charge in [0.05, 0.1) is 15.9 Å². The number of fused-ring (bicyclic) bond motifs is 7. The molecule has 4 heteroatoms. The second-order valence-electron chi connectivity index (χ2n) is 13.8. The number of thiophene rings is 1. The summed E-state index contributed by atoms with van der Waals surface area (Å²) in [4.78, 5) is 10.8. The summed E-state index contributed by atoms with van der Waals surface area (Å²) in [7, 11) is 0. The number of aromatic nitrogens is 2. The van der Waals surface area contributed by atoms with Gasteiger partial charge in [0.2, 0.25) is 0 Å². The lowest BCUT2D eigenvalue weighted by Gasteiger charge is -2.10. The maximum absolute atomic E-state index is 6.50. The van der Waals surface area contributed by atoms with Crippen molar-refractivity contribution in [1.82, 2.24) is 9.97 Å². The van der Waals surface area contributed by atoms with Crippen LogP contribution < -0.4 is 0 Å². The van der Waals surface area contributed by atoms with Crippen LogP contribution >= 0.6 is 11.3 Å². The summed E-state index contributed by atoms with van der Waals surface area (Å²) in [6, 6.07) is 64.4. The van der Waals surface area contributed by atoms with Crippen molar-refractivity contribution in [2.24, 2.45) is 0 Å². The first-order chi connectivity index (χ1) is 26.7. The van der Waals surface area contributed by atoms with E-state index in [2.05, 4.69) is 170 Å². The molecule has 11 aromatic rings. The Bertz CT molecular complexity index is 3220. The summed E-state index contributed by atoms with van der Waals surface area (Å²) in [5.74, 6) is 0.684. The van der Waals surface area contributed by atoms with E-state index in [0.717, 1.165) is 65.5 Å². The van der Waals surface area contributed by atoms with E-state index in [1.807, 2.05) is 12.1 Å². The Balaban J connectivity index is 1.11. The van der Waals surface area contributed by atoms with Crippen molar-refractivity contribution in [3.8, 4) is 56.0 Å². The van der Waals surface area contributed by atoms with Crippen LogP contribution in [0, 0.1) is 0 Å². The average molecular weight is 707 g/mol. The fourth-order valence-corrected chi connectivity index (χ4v) is 8.97. The second-order valence-corrected chi connectivity index (χ2v) is 14.8. The molecule has 252 valence electrons. The summed E-state index contributed by atoms with van der Waals surface area (Å²) < 4.78 is 8.78.